The first-order valence-electron chi connectivity index (χ1n) is 4.50. The van der Waals surface area contributed by atoms with Crippen molar-refractivity contribution in [2.24, 2.45) is 0 Å². The average Bonchev–Trinajstić information content (AvgIpc) is 2.64. The molecule has 5 nitrogen and oxygen atoms in total. The lowest BCUT2D eigenvalue weighted by molar-refractivity contribution is 0.0696. The number of carboxylic acids is 1. The second-order valence-corrected chi connectivity index (χ2v) is 3.60. The SMILES string of the molecule is Cc1ccn(-c2nc(Cl)ccc2C(=O)O)n1. The molecule has 2 aromatic heterocycles. The van der Waals surface area contributed by atoms with Crippen LogP contribution in [0.5, 0.6) is 0 Å². The van der Waals surface area contributed by atoms with Crippen molar-refractivity contribution >= 4 is 17.6 Å². The Balaban J connectivity index is 2.62. The van der Waals surface area contributed by atoms with Gasteiger partial charge in [-0.15, -0.1) is 0 Å². The van der Waals surface area contributed by atoms with E-state index in [4.69, 9.17) is 16.7 Å². The molecular formula is C10H8ClN3O2. The molecule has 0 aromatic carbocycles. The Bertz CT molecular complexity index is 551. The van der Waals surface area contributed by atoms with Gasteiger partial charge in [-0.2, -0.15) is 5.10 Å². The Hall–Kier alpha value is -1.88. The fourth-order valence-corrected chi connectivity index (χ4v) is 1.44. The van der Waals surface area contributed by atoms with E-state index in [1.54, 1.807) is 12.3 Å². The van der Waals surface area contributed by atoms with Gasteiger partial charge in [-0.25, -0.2) is 14.5 Å². The number of aromatic nitrogens is 3. The van der Waals surface area contributed by atoms with Crippen LogP contribution in [0.25, 0.3) is 5.82 Å². The number of carboxylic acid groups (broad SMARTS) is 1. The summed E-state index contributed by atoms with van der Waals surface area (Å²) in [5.41, 5.74) is 0.839. The highest BCUT2D eigenvalue weighted by Gasteiger charge is 2.14. The molecule has 16 heavy (non-hydrogen) atoms. The molecule has 82 valence electrons. The summed E-state index contributed by atoms with van der Waals surface area (Å²) >= 11 is 5.73. The third-order valence-electron chi connectivity index (χ3n) is 2.01. The lowest BCUT2D eigenvalue weighted by Gasteiger charge is -2.04. The molecule has 0 bridgehead atoms. The minimum atomic E-state index is -1.06. The van der Waals surface area contributed by atoms with Gasteiger partial charge in [-0.1, -0.05) is 11.6 Å². The van der Waals surface area contributed by atoms with Crippen molar-refractivity contribution in [3.8, 4) is 5.82 Å². The molecule has 2 rings (SSSR count). The van der Waals surface area contributed by atoms with E-state index in [1.165, 1.54) is 16.8 Å². The van der Waals surface area contributed by atoms with Crippen LogP contribution in [0.1, 0.15) is 16.1 Å². The Kier molecular flexibility index (Phi) is 2.62. The van der Waals surface area contributed by atoms with Crippen LogP contribution in [0.3, 0.4) is 0 Å². The molecule has 0 atom stereocenters. The number of rotatable bonds is 2. The van der Waals surface area contributed by atoms with E-state index in [9.17, 15) is 4.79 Å². The molecule has 0 aliphatic heterocycles. The second-order valence-electron chi connectivity index (χ2n) is 3.21. The first kappa shape index (κ1) is 10.6. The van der Waals surface area contributed by atoms with E-state index in [0.717, 1.165) is 5.69 Å². The summed E-state index contributed by atoms with van der Waals surface area (Å²) in [7, 11) is 0. The monoisotopic (exact) mass is 237 g/mol. The summed E-state index contributed by atoms with van der Waals surface area (Å²) in [6, 6.07) is 4.60. The van der Waals surface area contributed by atoms with Crippen LogP contribution in [0.15, 0.2) is 24.4 Å². The molecule has 0 aliphatic rings. The van der Waals surface area contributed by atoms with Gasteiger partial charge in [0.05, 0.1) is 5.69 Å². The zero-order chi connectivity index (χ0) is 11.7. The smallest absolute Gasteiger partial charge is 0.339 e. The van der Waals surface area contributed by atoms with E-state index in [-0.39, 0.29) is 16.5 Å². The van der Waals surface area contributed by atoms with Crippen molar-refractivity contribution in [2.45, 2.75) is 6.92 Å². The second kappa shape index (κ2) is 3.94. The average molecular weight is 238 g/mol. The predicted octanol–water partition coefficient (Wildman–Crippen LogP) is 1.93. The quantitative estimate of drug-likeness (QED) is 0.811. The molecule has 2 heterocycles. The first-order chi connectivity index (χ1) is 7.58. The Morgan fingerprint density at radius 2 is 2.19 bits per heavy atom. The van der Waals surface area contributed by atoms with Crippen molar-refractivity contribution in [3.63, 3.8) is 0 Å². The molecule has 0 radical (unpaired) electrons. The van der Waals surface area contributed by atoms with Gasteiger partial charge in [-0.3, -0.25) is 0 Å². The summed E-state index contributed by atoms with van der Waals surface area (Å²) in [6.07, 6.45) is 1.64. The van der Waals surface area contributed by atoms with Crippen LogP contribution >= 0.6 is 11.6 Å². The van der Waals surface area contributed by atoms with Gasteiger partial charge in [0.15, 0.2) is 5.82 Å². The summed E-state index contributed by atoms with van der Waals surface area (Å²) in [5.74, 6) is -0.847. The highest BCUT2D eigenvalue weighted by Crippen LogP contribution is 2.15. The van der Waals surface area contributed by atoms with Gasteiger partial charge < -0.3 is 5.11 Å². The maximum absolute atomic E-state index is 11.0. The van der Waals surface area contributed by atoms with Gasteiger partial charge in [0.2, 0.25) is 0 Å². The van der Waals surface area contributed by atoms with Gasteiger partial charge in [0.25, 0.3) is 0 Å². The van der Waals surface area contributed by atoms with E-state index in [2.05, 4.69) is 10.1 Å². The highest BCUT2D eigenvalue weighted by atomic mass is 35.5. The Morgan fingerprint density at radius 3 is 2.75 bits per heavy atom. The van der Waals surface area contributed by atoms with Crippen LogP contribution in [-0.2, 0) is 0 Å². The van der Waals surface area contributed by atoms with E-state index in [0.29, 0.717) is 0 Å². The molecular weight excluding hydrogens is 230 g/mol. The molecule has 0 spiro atoms. The van der Waals surface area contributed by atoms with Crippen molar-refractivity contribution in [2.75, 3.05) is 0 Å². The number of aryl methyl sites for hydroxylation is 1. The fourth-order valence-electron chi connectivity index (χ4n) is 1.30. The topological polar surface area (TPSA) is 68.0 Å². The van der Waals surface area contributed by atoms with Crippen molar-refractivity contribution in [1.29, 1.82) is 0 Å². The molecule has 6 heteroatoms. The molecule has 0 aliphatic carbocycles. The Morgan fingerprint density at radius 1 is 1.44 bits per heavy atom. The summed E-state index contributed by atoms with van der Waals surface area (Å²) in [5, 5.41) is 13.3. The maximum Gasteiger partial charge on any atom is 0.339 e. The van der Waals surface area contributed by atoms with Gasteiger partial charge in [-0.05, 0) is 25.1 Å². The molecule has 2 aromatic rings. The number of aromatic carboxylic acids is 1. The lowest BCUT2D eigenvalue weighted by Crippen LogP contribution is -2.08. The van der Waals surface area contributed by atoms with Gasteiger partial charge >= 0.3 is 5.97 Å². The standard InChI is InChI=1S/C10H8ClN3O2/c1-6-4-5-14(13-6)9-7(10(15)16)2-3-8(11)12-9/h2-5H,1H3,(H,15,16). The number of nitrogens with zero attached hydrogens (tertiary/aromatic N) is 3. The van der Waals surface area contributed by atoms with Gasteiger partial charge in [0, 0.05) is 6.20 Å². The van der Waals surface area contributed by atoms with Crippen LogP contribution in [0, 0.1) is 6.92 Å². The van der Waals surface area contributed by atoms with E-state index in [1.807, 2.05) is 6.92 Å². The lowest BCUT2D eigenvalue weighted by atomic mass is 10.2. The number of hydrogen-bond donors (Lipinski definition) is 1. The fraction of sp³-hybridized carbons (Fsp3) is 0.100. The van der Waals surface area contributed by atoms with E-state index >= 15 is 0 Å². The Labute approximate surface area is 96.3 Å². The summed E-state index contributed by atoms with van der Waals surface area (Å²) in [6.45, 7) is 1.81. The minimum absolute atomic E-state index is 0.0625. The number of halogens is 1. The molecule has 0 fully saturated rings. The van der Waals surface area contributed by atoms with Crippen LogP contribution in [0.4, 0.5) is 0 Å². The molecule has 0 saturated heterocycles. The maximum atomic E-state index is 11.0. The predicted molar refractivity (Wildman–Crippen MR) is 58.1 cm³/mol. The molecule has 0 amide bonds. The van der Waals surface area contributed by atoms with Crippen molar-refractivity contribution in [3.05, 3.63) is 40.8 Å². The van der Waals surface area contributed by atoms with Crippen LogP contribution in [-0.4, -0.2) is 25.8 Å². The summed E-state index contributed by atoms with van der Waals surface area (Å²) in [4.78, 5) is 15.0. The van der Waals surface area contributed by atoms with Crippen molar-refractivity contribution in [1.82, 2.24) is 14.8 Å². The number of pyridine rings is 1. The normalized spacial score (nSPS) is 10.4. The zero-order valence-corrected chi connectivity index (χ0v) is 9.14. The van der Waals surface area contributed by atoms with E-state index < -0.39 is 5.97 Å². The number of carbonyl (C=O) groups is 1. The third kappa shape index (κ3) is 1.90. The van der Waals surface area contributed by atoms with Crippen LogP contribution in [0.2, 0.25) is 5.15 Å². The van der Waals surface area contributed by atoms with Gasteiger partial charge in [0.1, 0.15) is 10.7 Å². The minimum Gasteiger partial charge on any atom is -0.478 e. The number of hydrogen-bond acceptors (Lipinski definition) is 3. The van der Waals surface area contributed by atoms with Crippen LogP contribution < -0.4 is 0 Å². The molecule has 1 N–H and O–H groups in total. The third-order valence-corrected chi connectivity index (χ3v) is 2.22. The first-order valence-corrected chi connectivity index (χ1v) is 4.88. The highest BCUT2D eigenvalue weighted by molar-refractivity contribution is 6.29. The largest absolute Gasteiger partial charge is 0.478 e. The zero-order valence-electron chi connectivity index (χ0n) is 8.38. The van der Waals surface area contributed by atoms with Crippen molar-refractivity contribution < 1.29 is 9.90 Å². The molecule has 0 saturated carbocycles. The molecule has 0 unspecified atom stereocenters. The summed E-state index contributed by atoms with van der Waals surface area (Å²) < 4.78 is 1.39.